The Kier molecular flexibility index (Phi) is 5.27. The van der Waals surface area contributed by atoms with Crippen LogP contribution in [0.1, 0.15) is 35.1 Å². The molecule has 4 nitrogen and oxygen atoms in total. The molecule has 2 heterocycles. The first-order chi connectivity index (χ1) is 13.5. The van der Waals surface area contributed by atoms with Gasteiger partial charge in [0.15, 0.2) is 0 Å². The number of hydrogen-bond acceptors (Lipinski definition) is 4. The molecule has 0 unspecified atom stereocenters. The maximum Gasteiger partial charge on any atom is 0.293 e. The zero-order chi connectivity index (χ0) is 19.7. The molecule has 2 aliphatic heterocycles. The summed E-state index contributed by atoms with van der Waals surface area (Å²) >= 11 is 1.03. The molecular formula is C23H24N2O2S. The molecule has 2 aromatic rings. The number of carbonyl (C=O) groups is 2. The third kappa shape index (κ3) is 3.72. The van der Waals surface area contributed by atoms with E-state index in [0.29, 0.717) is 11.4 Å². The summed E-state index contributed by atoms with van der Waals surface area (Å²) in [5.41, 5.74) is 5.43. The Balaban J connectivity index is 1.54. The maximum absolute atomic E-state index is 12.8. The number of amides is 2. The second-order valence-electron chi connectivity index (χ2n) is 7.43. The van der Waals surface area contributed by atoms with Crippen LogP contribution in [0.15, 0.2) is 47.4 Å². The normalized spacial score (nSPS) is 18.6. The molecule has 2 fully saturated rings. The molecule has 0 N–H and O–H groups in total. The van der Waals surface area contributed by atoms with E-state index < -0.39 is 0 Å². The summed E-state index contributed by atoms with van der Waals surface area (Å²) in [6.07, 6.45) is 4.34. The van der Waals surface area contributed by atoms with Crippen molar-refractivity contribution in [2.45, 2.75) is 33.2 Å². The van der Waals surface area contributed by atoms with Crippen LogP contribution < -0.4 is 4.90 Å². The Morgan fingerprint density at radius 3 is 2.46 bits per heavy atom. The molecule has 28 heavy (non-hydrogen) atoms. The second-order valence-corrected chi connectivity index (χ2v) is 8.42. The monoisotopic (exact) mass is 392 g/mol. The molecule has 0 aromatic heterocycles. The van der Waals surface area contributed by atoms with Gasteiger partial charge in [-0.15, -0.1) is 0 Å². The lowest BCUT2D eigenvalue weighted by molar-refractivity contribution is -0.123. The fraction of sp³-hybridized carbons (Fsp3) is 0.304. The van der Waals surface area contributed by atoms with E-state index >= 15 is 0 Å². The molecule has 0 spiro atoms. The van der Waals surface area contributed by atoms with E-state index in [4.69, 9.17) is 0 Å². The summed E-state index contributed by atoms with van der Waals surface area (Å²) in [4.78, 5) is 29.5. The van der Waals surface area contributed by atoms with Crippen LogP contribution in [0, 0.1) is 13.8 Å². The molecule has 0 saturated carbocycles. The number of carbonyl (C=O) groups excluding carboxylic acids is 2. The van der Waals surface area contributed by atoms with Gasteiger partial charge >= 0.3 is 0 Å². The largest absolute Gasteiger partial charge is 0.372 e. The summed E-state index contributed by atoms with van der Waals surface area (Å²) in [6.45, 7) is 6.59. The van der Waals surface area contributed by atoms with E-state index in [1.165, 1.54) is 23.4 Å². The highest BCUT2D eigenvalue weighted by Gasteiger charge is 2.35. The summed E-state index contributed by atoms with van der Waals surface area (Å²) in [5, 5.41) is -0.203. The highest BCUT2D eigenvalue weighted by Crippen LogP contribution is 2.34. The number of anilines is 1. The number of thioether (sulfide) groups is 1. The van der Waals surface area contributed by atoms with Crippen molar-refractivity contribution in [2.24, 2.45) is 0 Å². The van der Waals surface area contributed by atoms with Gasteiger partial charge in [0.1, 0.15) is 0 Å². The number of benzene rings is 2. The van der Waals surface area contributed by atoms with Gasteiger partial charge in [0, 0.05) is 18.8 Å². The van der Waals surface area contributed by atoms with Gasteiger partial charge in [-0.1, -0.05) is 30.3 Å². The van der Waals surface area contributed by atoms with Gasteiger partial charge in [-0.3, -0.25) is 14.5 Å². The zero-order valence-corrected chi connectivity index (χ0v) is 17.1. The lowest BCUT2D eigenvalue weighted by Crippen LogP contribution is -2.27. The number of nitrogens with zero attached hydrogens (tertiary/aromatic N) is 2. The van der Waals surface area contributed by atoms with E-state index in [1.807, 2.05) is 37.3 Å². The predicted octanol–water partition coefficient (Wildman–Crippen LogP) is 5.14. The molecule has 4 rings (SSSR count). The SMILES string of the molecule is Cc1cc(N2CCCC2)ccc1/C=C1\SC(=O)N(Cc2ccccc2C)C1=O. The number of aryl methyl sites for hydroxylation is 2. The van der Waals surface area contributed by atoms with Crippen LogP contribution >= 0.6 is 11.8 Å². The van der Waals surface area contributed by atoms with Crippen molar-refractivity contribution in [3.8, 4) is 0 Å². The predicted molar refractivity (Wildman–Crippen MR) is 115 cm³/mol. The Morgan fingerprint density at radius 1 is 1.00 bits per heavy atom. The third-order valence-corrected chi connectivity index (χ3v) is 6.38. The standard InChI is InChI=1S/C23H24N2O2S/c1-16-7-3-4-8-19(16)15-25-22(26)21(28-23(25)27)14-18-9-10-20(13-17(18)2)24-11-5-6-12-24/h3-4,7-10,13-14H,5-6,11-12,15H2,1-2H3/b21-14-. The van der Waals surface area contributed by atoms with Crippen LogP contribution in [0.5, 0.6) is 0 Å². The molecule has 5 heteroatoms. The van der Waals surface area contributed by atoms with E-state index in [0.717, 1.165) is 47.1 Å². The molecular weight excluding hydrogens is 368 g/mol. The van der Waals surface area contributed by atoms with Crippen LogP contribution in [0.3, 0.4) is 0 Å². The number of imide groups is 1. The average Bonchev–Trinajstić information content (AvgIpc) is 3.30. The van der Waals surface area contributed by atoms with Crippen molar-refractivity contribution in [2.75, 3.05) is 18.0 Å². The first-order valence-corrected chi connectivity index (χ1v) is 10.5. The summed E-state index contributed by atoms with van der Waals surface area (Å²) in [5.74, 6) is -0.207. The molecule has 2 aliphatic rings. The molecule has 0 bridgehead atoms. The Morgan fingerprint density at radius 2 is 1.75 bits per heavy atom. The van der Waals surface area contributed by atoms with E-state index in [-0.39, 0.29) is 11.1 Å². The minimum absolute atomic E-state index is 0.203. The molecule has 0 aliphatic carbocycles. The lowest BCUT2D eigenvalue weighted by Gasteiger charge is -2.18. The van der Waals surface area contributed by atoms with Crippen LogP contribution in [0.25, 0.3) is 6.08 Å². The molecule has 2 aromatic carbocycles. The van der Waals surface area contributed by atoms with Crippen molar-refractivity contribution in [3.63, 3.8) is 0 Å². The highest BCUT2D eigenvalue weighted by atomic mass is 32.2. The van der Waals surface area contributed by atoms with Gasteiger partial charge in [0.05, 0.1) is 11.4 Å². The minimum Gasteiger partial charge on any atom is -0.372 e. The molecule has 0 radical (unpaired) electrons. The molecule has 144 valence electrons. The third-order valence-electron chi connectivity index (χ3n) is 5.47. The summed E-state index contributed by atoms with van der Waals surface area (Å²) in [7, 11) is 0. The summed E-state index contributed by atoms with van der Waals surface area (Å²) in [6, 6.07) is 14.2. The molecule has 0 atom stereocenters. The number of hydrogen-bond donors (Lipinski definition) is 0. The van der Waals surface area contributed by atoms with Gasteiger partial charge in [0.2, 0.25) is 0 Å². The molecule has 2 saturated heterocycles. The maximum atomic E-state index is 12.8. The smallest absolute Gasteiger partial charge is 0.293 e. The zero-order valence-electron chi connectivity index (χ0n) is 16.3. The van der Waals surface area contributed by atoms with Crippen LogP contribution in [-0.4, -0.2) is 29.1 Å². The fourth-order valence-corrected chi connectivity index (χ4v) is 4.56. The second kappa shape index (κ2) is 7.84. The van der Waals surface area contributed by atoms with Crippen molar-refractivity contribution < 1.29 is 9.59 Å². The minimum atomic E-state index is -0.207. The highest BCUT2D eigenvalue weighted by molar-refractivity contribution is 8.18. The number of rotatable bonds is 4. The van der Waals surface area contributed by atoms with Crippen LogP contribution in [0.2, 0.25) is 0 Å². The van der Waals surface area contributed by atoms with Gasteiger partial charge < -0.3 is 4.90 Å². The Bertz CT molecular complexity index is 961. The van der Waals surface area contributed by atoms with E-state index in [9.17, 15) is 9.59 Å². The fourth-order valence-electron chi connectivity index (χ4n) is 3.73. The molecule has 2 amide bonds. The average molecular weight is 393 g/mol. The van der Waals surface area contributed by atoms with Crippen molar-refractivity contribution in [1.82, 2.24) is 4.90 Å². The first kappa shape index (κ1) is 18.8. The summed E-state index contributed by atoms with van der Waals surface area (Å²) < 4.78 is 0. The van der Waals surface area contributed by atoms with Crippen molar-refractivity contribution in [3.05, 3.63) is 69.6 Å². The van der Waals surface area contributed by atoms with Gasteiger partial charge in [-0.25, -0.2) is 0 Å². The van der Waals surface area contributed by atoms with Crippen molar-refractivity contribution >= 4 is 34.7 Å². The van der Waals surface area contributed by atoms with E-state index in [2.05, 4.69) is 30.0 Å². The topological polar surface area (TPSA) is 40.6 Å². The van der Waals surface area contributed by atoms with Crippen molar-refractivity contribution in [1.29, 1.82) is 0 Å². The van der Waals surface area contributed by atoms with Gasteiger partial charge in [-0.2, -0.15) is 0 Å². The van der Waals surface area contributed by atoms with Gasteiger partial charge in [-0.05, 0) is 78.9 Å². The van der Waals surface area contributed by atoms with Crippen LogP contribution in [-0.2, 0) is 11.3 Å². The van der Waals surface area contributed by atoms with Gasteiger partial charge in [0.25, 0.3) is 11.1 Å². The van der Waals surface area contributed by atoms with Crippen LogP contribution in [0.4, 0.5) is 10.5 Å². The Hall–Kier alpha value is -2.53. The Labute approximate surface area is 170 Å². The first-order valence-electron chi connectivity index (χ1n) is 9.68. The van der Waals surface area contributed by atoms with E-state index in [1.54, 1.807) is 0 Å². The quantitative estimate of drug-likeness (QED) is 0.676. The lowest BCUT2D eigenvalue weighted by atomic mass is 10.1.